The summed E-state index contributed by atoms with van der Waals surface area (Å²) in [5.74, 6) is 0.829. The largest absolute Gasteiger partial charge is 0.492 e. The van der Waals surface area contributed by atoms with Crippen molar-refractivity contribution in [1.82, 2.24) is 10.3 Å². The Labute approximate surface area is 131 Å². The van der Waals surface area contributed by atoms with Gasteiger partial charge < -0.3 is 10.1 Å². The Kier molecular flexibility index (Phi) is 6.08. The minimum Gasteiger partial charge on any atom is -0.492 e. The third-order valence-corrected chi connectivity index (χ3v) is 4.02. The fraction of sp³-hybridized carbons (Fsp3) is 0.353. The molecule has 0 saturated carbocycles. The van der Waals surface area contributed by atoms with Crippen LogP contribution < -0.4 is 10.1 Å². The van der Waals surface area contributed by atoms with Crippen molar-refractivity contribution in [2.75, 3.05) is 19.9 Å². The Balaban J connectivity index is 2.23. The molecule has 1 aromatic heterocycles. The van der Waals surface area contributed by atoms with Crippen molar-refractivity contribution in [2.45, 2.75) is 24.3 Å². The van der Waals surface area contributed by atoms with Gasteiger partial charge in [-0.15, -0.1) is 11.8 Å². The molecule has 0 aliphatic carbocycles. The average Bonchev–Trinajstić information content (AvgIpc) is 2.55. The maximum Gasteiger partial charge on any atom is 0.137 e. The van der Waals surface area contributed by atoms with Gasteiger partial charge in [0.2, 0.25) is 0 Å². The molecule has 0 bridgehead atoms. The van der Waals surface area contributed by atoms with Gasteiger partial charge in [0.25, 0.3) is 0 Å². The molecule has 0 saturated heterocycles. The molecule has 2 rings (SSSR count). The highest BCUT2D eigenvalue weighted by atomic mass is 32.2. The Bertz CT molecular complexity index is 557. The van der Waals surface area contributed by atoms with Crippen molar-refractivity contribution in [1.29, 1.82) is 0 Å². The van der Waals surface area contributed by atoms with Crippen molar-refractivity contribution in [2.24, 2.45) is 0 Å². The Hall–Kier alpha value is -1.52. The van der Waals surface area contributed by atoms with Crippen LogP contribution in [0.1, 0.15) is 30.5 Å². The Morgan fingerprint density at radius 1 is 1.19 bits per heavy atom. The molecule has 0 spiro atoms. The van der Waals surface area contributed by atoms with Crippen molar-refractivity contribution in [3.8, 4) is 5.75 Å². The van der Waals surface area contributed by atoms with Crippen molar-refractivity contribution in [3.05, 3.63) is 53.9 Å². The summed E-state index contributed by atoms with van der Waals surface area (Å²) in [6.07, 6.45) is 6.74. The molecule has 1 aromatic carbocycles. The van der Waals surface area contributed by atoms with Gasteiger partial charge in [0.05, 0.1) is 18.8 Å². The first-order chi connectivity index (χ1) is 10.3. The first-order valence-electron chi connectivity index (χ1n) is 7.17. The minimum absolute atomic E-state index is 0.124. The van der Waals surface area contributed by atoms with Crippen LogP contribution in [0.15, 0.2) is 47.6 Å². The van der Waals surface area contributed by atoms with E-state index in [4.69, 9.17) is 4.74 Å². The molecule has 0 radical (unpaired) electrons. The monoisotopic (exact) mass is 302 g/mol. The summed E-state index contributed by atoms with van der Waals surface area (Å²) >= 11 is 1.75. The summed E-state index contributed by atoms with van der Waals surface area (Å²) in [5.41, 5.74) is 2.34. The van der Waals surface area contributed by atoms with Gasteiger partial charge in [0, 0.05) is 11.1 Å². The van der Waals surface area contributed by atoms with E-state index in [0.717, 1.165) is 24.3 Å². The molecule has 0 amide bonds. The van der Waals surface area contributed by atoms with E-state index in [1.807, 2.05) is 13.2 Å². The second-order valence-corrected chi connectivity index (χ2v) is 5.68. The molecule has 0 aliphatic heterocycles. The molecule has 0 fully saturated rings. The number of thioether (sulfide) groups is 1. The number of nitrogens with zero attached hydrogens (tertiary/aromatic N) is 1. The van der Waals surface area contributed by atoms with Gasteiger partial charge in [-0.2, -0.15) is 0 Å². The Morgan fingerprint density at radius 3 is 2.57 bits per heavy atom. The number of hydrogen-bond donors (Lipinski definition) is 1. The second kappa shape index (κ2) is 8.05. The zero-order valence-corrected chi connectivity index (χ0v) is 13.6. The first-order valence-corrected chi connectivity index (χ1v) is 8.40. The molecule has 3 nitrogen and oxygen atoms in total. The predicted octanol–water partition coefficient (Wildman–Crippen LogP) is 3.90. The van der Waals surface area contributed by atoms with Crippen molar-refractivity contribution < 1.29 is 4.74 Å². The van der Waals surface area contributed by atoms with E-state index in [0.29, 0.717) is 0 Å². The maximum atomic E-state index is 5.67. The number of hydrogen-bond acceptors (Lipinski definition) is 4. The lowest BCUT2D eigenvalue weighted by atomic mass is 10.0. The fourth-order valence-electron chi connectivity index (χ4n) is 2.21. The minimum atomic E-state index is 0.124. The number of ether oxygens (including phenoxy) is 1. The van der Waals surface area contributed by atoms with Gasteiger partial charge in [-0.05, 0) is 49.1 Å². The maximum absolute atomic E-state index is 5.67. The van der Waals surface area contributed by atoms with E-state index in [2.05, 4.69) is 53.8 Å². The van der Waals surface area contributed by atoms with Gasteiger partial charge in [-0.3, -0.25) is 4.98 Å². The van der Waals surface area contributed by atoms with E-state index in [1.165, 1.54) is 10.5 Å². The molecule has 1 atom stereocenters. The standard InChI is InChI=1S/C17H22N2OS/c1-4-9-20-15-10-14(11-19-12-15)17(18-2)13-5-7-16(21-3)8-6-13/h5-8,10-12,17-18H,4,9H2,1-3H3. The number of benzene rings is 1. The number of rotatable bonds is 7. The molecule has 21 heavy (non-hydrogen) atoms. The normalized spacial score (nSPS) is 12.1. The summed E-state index contributed by atoms with van der Waals surface area (Å²) in [7, 11) is 1.97. The summed E-state index contributed by atoms with van der Waals surface area (Å²) in [5, 5.41) is 3.35. The Morgan fingerprint density at radius 2 is 1.95 bits per heavy atom. The lowest BCUT2D eigenvalue weighted by Gasteiger charge is -2.18. The summed E-state index contributed by atoms with van der Waals surface area (Å²) in [6.45, 7) is 2.82. The van der Waals surface area contributed by atoms with Crippen LogP contribution in [0.4, 0.5) is 0 Å². The van der Waals surface area contributed by atoms with E-state index in [1.54, 1.807) is 18.0 Å². The molecular weight excluding hydrogens is 280 g/mol. The second-order valence-electron chi connectivity index (χ2n) is 4.80. The van der Waals surface area contributed by atoms with E-state index < -0.39 is 0 Å². The highest BCUT2D eigenvalue weighted by Crippen LogP contribution is 2.26. The average molecular weight is 302 g/mol. The van der Waals surface area contributed by atoms with Crippen LogP contribution >= 0.6 is 11.8 Å². The van der Waals surface area contributed by atoms with Gasteiger partial charge >= 0.3 is 0 Å². The van der Waals surface area contributed by atoms with Crippen LogP contribution in [0, 0.1) is 0 Å². The van der Waals surface area contributed by atoms with Crippen molar-refractivity contribution in [3.63, 3.8) is 0 Å². The zero-order chi connectivity index (χ0) is 15.1. The van der Waals surface area contributed by atoms with Gasteiger partial charge in [0.1, 0.15) is 5.75 Å². The molecule has 0 aliphatic rings. The van der Waals surface area contributed by atoms with Gasteiger partial charge in [-0.25, -0.2) is 0 Å². The predicted molar refractivity (Wildman–Crippen MR) is 89.1 cm³/mol. The lowest BCUT2D eigenvalue weighted by molar-refractivity contribution is 0.315. The van der Waals surface area contributed by atoms with E-state index in [9.17, 15) is 0 Å². The molecule has 112 valence electrons. The van der Waals surface area contributed by atoms with Gasteiger partial charge in [0.15, 0.2) is 0 Å². The molecule has 1 N–H and O–H groups in total. The number of nitrogens with one attached hydrogen (secondary N) is 1. The molecule has 4 heteroatoms. The van der Waals surface area contributed by atoms with E-state index >= 15 is 0 Å². The van der Waals surface area contributed by atoms with Crippen molar-refractivity contribution >= 4 is 11.8 Å². The van der Waals surface area contributed by atoms with Crippen LogP contribution in [0.25, 0.3) is 0 Å². The summed E-state index contributed by atoms with van der Waals surface area (Å²) in [4.78, 5) is 5.57. The third-order valence-electron chi connectivity index (χ3n) is 3.28. The van der Waals surface area contributed by atoms with E-state index in [-0.39, 0.29) is 6.04 Å². The summed E-state index contributed by atoms with van der Waals surface area (Å²) in [6, 6.07) is 10.8. The van der Waals surface area contributed by atoms with Crippen LogP contribution in [0.5, 0.6) is 5.75 Å². The molecule has 2 aromatic rings. The van der Waals surface area contributed by atoms with Crippen LogP contribution in [0.3, 0.4) is 0 Å². The topological polar surface area (TPSA) is 34.1 Å². The smallest absolute Gasteiger partial charge is 0.137 e. The third kappa shape index (κ3) is 4.22. The van der Waals surface area contributed by atoms with Crippen LogP contribution in [-0.4, -0.2) is 24.9 Å². The lowest BCUT2D eigenvalue weighted by Crippen LogP contribution is -2.18. The zero-order valence-electron chi connectivity index (χ0n) is 12.8. The first kappa shape index (κ1) is 15.9. The number of aromatic nitrogens is 1. The SMILES string of the molecule is CCCOc1cncc(C(NC)c2ccc(SC)cc2)c1. The fourth-order valence-corrected chi connectivity index (χ4v) is 2.62. The van der Waals surface area contributed by atoms with Gasteiger partial charge in [-0.1, -0.05) is 19.1 Å². The molecule has 1 unspecified atom stereocenters. The summed E-state index contributed by atoms with van der Waals surface area (Å²) < 4.78 is 5.67. The highest BCUT2D eigenvalue weighted by molar-refractivity contribution is 7.98. The quantitative estimate of drug-likeness (QED) is 0.787. The molecule has 1 heterocycles. The molecular formula is C17H22N2OS. The van der Waals surface area contributed by atoms with Crippen LogP contribution in [0.2, 0.25) is 0 Å². The highest BCUT2D eigenvalue weighted by Gasteiger charge is 2.13. The van der Waals surface area contributed by atoms with Crippen LogP contribution in [-0.2, 0) is 0 Å². The number of pyridine rings is 1.